The summed E-state index contributed by atoms with van der Waals surface area (Å²) in [6.45, 7) is 4.09. The molecular formula is C14H21NO3. The number of hydroxylamine groups is 1. The number of hydrogen-bond acceptors (Lipinski definition) is 4. The summed E-state index contributed by atoms with van der Waals surface area (Å²) in [6.07, 6.45) is 1.98. The second-order valence-corrected chi connectivity index (χ2v) is 4.39. The summed E-state index contributed by atoms with van der Waals surface area (Å²) in [6, 6.07) is 6.58. The second kappa shape index (κ2) is 6.73. The van der Waals surface area contributed by atoms with Crippen LogP contribution in [0.1, 0.15) is 30.5 Å². The molecule has 0 fully saturated rings. The van der Waals surface area contributed by atoms with Gasteiger partial charge in [-0.2, -0.15) is 5.48 Å². The van der Waals surface area contributed by atoms with Gasteiger partial charge in [-0.3, -0.25) is 4.84 Å². The van der Waals surface area contributed by atoms with Crippen molar-refractivity contribution < 1.29 is 14.3 Å². The Morgan fingerprint density at radius 3 is 3.06 bits per heavy atom. The molecule has 4 heteroatoms. The van der Waals surface area contributed by atoms with E-state index in [0.717, 1.165) is 25.2 Å². The minimum absolute atomic E-state index is 0.216. The molecule has 1 unspecified atom stereocenters. The number of benzene rings is 1. The smallest absolute Gasteiger partial charge is 0.122 e. The molecule has 18 heavy (non-hydrogen) atoms. The average Bonchev–Trinajstić information content (AvgIpc) is 2.86. The molecule has 1 aliphatic rings. The Balaban J connectivity index is 1.94. The molecule has 1 N–H and O–H groups in total. The fourth-order valence-corrected chi connectivity index (χ4v) is 2.09. The summed E-state index contributed by atoms with van der Waals surface area (Å²) in [5.41, 5.74) is 5.64. The van der Waals surface area contributed by atoms with Gasteiger partial charge < -0.3 is 9.47 Å². The number of rotatable bonds is 7. The van der Waals surface area contributed by atoms with E-state index in [1.807, 2.05) is 0 Å². The molecule has 0 spiro atoms. The van der Waals surface area contributed by atoms with E-state index in [1.165, 1.54) is 11.1 Å². The van der Waals surface area contributed by atoms with E-state index in [9.17, 15) is 0 Å². The first-order valence-corrected chi connectivity index (χ1v) is 6.47. The minimum Gasteiger partial charge on any atom is -0.493 e. The first kappa shape index (κ1) is 13.3. The standard InChI is InChI=1S/C14H21NO3/c1-3-13(15-18-9-8-16-2)11-4-5-14-12(10-11)6-7-17-14/h4-5,10,13,15H,3,6-9H2,1-2H3. The molecule has 1 atom stereocenters. The number of methoxy groups -OCH3 is 1. The highest BCUT2D eigenvalue weighted by atomic mass is 16.7. The lowest BCUT2D eigenvalue weighted by atomic mass is 10.0. The summed E-state index contributed by atoms with van der Waals surface area (Å²) in [5, 5.41) is 0. The van der Waals surface area contributed by atoms with Crippen LogP contribution < -0.4 is 10.2 Å². The molecule has 2 rings (SSSR count). The van der Waals surface area contributed by atoms with Gasteiger partial charge in [-0.05, 0) is 23.6 Å². The summed E-state index contributed by atoms with van der Waals surface area (Å²) >= 11 is 0. The van der Waals surface area contributed by atoms with Gasteiger partial charge in [-0.1, -0.05) is 19.1 Å². The molecule has 1 aromatic carbocycles. The van der Waals surface area contributed by atoms with Gasteiger partial charge in [0.15, 0.2) is 0 Å². The quantitative estimate of drug-likeness (QED) is 0.596. The Hall–Kier alpha value is -1.10. The van der Waals surface area contributed by atoms with Crippen LogP contribution >= 0.6 is 0 Å². The number of fused-ring (bicyclic) bond motifs is 1. The van der Waals surface area contributed by atoms with Gasteiger partial charge in [-0.15, -0.1) is 0 Å². The van der Waals surface area contributed by atoms with Crippen LogP contribution in [0.15, 0.2) is 18.2 Å². The van der Waals surface area contributed by atoms with E-state index in [1.54, 1.807) is 7.11 Å². The maximum Gasteiger partial charge on any atom is 0.122 e. The Labute approximate surface area is 108 Å². The molecule has 1 aliphatic heterocycles. The van der Waals surface area contributed by atoms with Crippen molar-refractivity contribution in [2.75, 3.05) is 26.9 Å². The molecule has 1 heterocycles. The molecule has 0 aromatic heterocycles. The van der Waals surface area contributed by atoms with Crippen molar-refractivity contribution >= 4 is 0 Å². The highest BCUT2D eigenvalue weighted by Crippen LogP contribution is 2.29. The fourth-order valence-electron chi connectivity index (χ4n) is 2.09. The summed E-state index contributed by atoms with van der Waals surface area (Å²) < 4.78 is 10.5. The second-order valence-electron chi connectivity index (χ2n) is 4.39. The highest BCUT2D eigenvalue weighted by molar-refractivity contribution is 5.40. The zero-order chi connectivity index (χ0) is 12.8. The fraction of sp³-hybridized carbons (Fsp3) is 0.571. The van der Waals surface area contributed by atoms with Gasteiger partial charge in [0.2, 0.25) is 0 Å². The van der Waals surface area contributed by atoms with Crippen LogP contribution in [0, 0.1) is 0 Å². The Morgan fingerprint density at radius 2 is 2.28 bits per heavy atom. The summed E-state index contributed by atoms with van der Waals surface area (Å²) in [5.74, 6) is 1.02. The SMILES string of the molecule is CCC(NOCCOC)c1ccc2c(c1)CCO2. The van der Waals surface area contributed by atoms with Crippen LogP contribution in [0.5, 0.6) is 5.75 Å². The Kier molecular flexibility index (Phi) is 4.99. The maximum absolute atomic E-state index is 5.51. The van der Waals surface area contributed by atoms with Crippen LogP contribution in [-0.4, -0.2) is 26.9 Å². The lowest BCUT2D eigenvalue weighted by Crippen LogP contribution is -2.23. The zero-order valence-electron chi connectivity index (χ0n) is 11.1. The van der Waals surface area contributed by atoms with E-state index in [4.69, 9.17) is 14.3 Å². The first-order valence-electron chi connectivity index (χ1n) is 6.47. The zero-order valence-corrected chi connectivity index (χ0v) is 11.1. The third-order valence-electron chi connectivity index (χ3n) is 3.14. The van der Waals surface area contributed by atoms with Crippen molar-refractivity contribution in [2.45, 2.75) is 25.8 Å². The van der Waals surface area contributed by atoms with E-state index in [-0.39, 0.29) is 6.04 Å². The molecule has 4 nitrogen and oxygen atoms in total. The molecular weight excluding hydrogens is 230 g/mol. The Morgan fingerprint density at radius 1 is 1.39 bits per heavy atom. The molecule has 0 amide bonds. The maximum atomic E-state index is 5.51. The first-order chi connectivity index (χ1) is 8.85. The van der Waals surface area contributed by atoms with Gasteiger partial charge in [-0.25, -0.2) is 0 Å². The van der Waals surface area contributed by atoms with Crippen molar-refractivity contribution in [2.24, 2.45) is 0 Å². The summed E-state index contributed by atoms with van der Waals surface area (Å²) in [7, 11) is 1.67. The van der Waals surface area contributed by atoms with E-state index in [2.05, 4.69) is 30.6 Å². The molecule has 100 valence electrons. The third kappa shape index (κ3) is 3.22. The van der Waals surface area contributed by atoms with E-state index < -0.39 is 0 Å². The molecule has 0 saturated heterocycles. The monoisotopic (exact) mass is 251 g/mol. The lowest BCUT2D eigenvalue weighted by molar-refractivity contribution is -0.0131. The van der Waals surface area contributed by atoms with E-state index >= 15 is 0 Å². The van der Waals surface area contributed by atoms with Crippen LogP contribution in [0.3, 0.4) is 0 Å². The third-order valence-corrected chi connectivity index (χ3v) is 3.14. The highest BCUT2D eigenvalue weighted by Gasteiger charge is 2.15. The van der Waals surface area contributed by atoms with Gasteiger partial charge in [0, 0.05) is 13.5 Å². The molecule has 0 saturated carbocycles. The average molecular weight is 251 g/mol. The molecule has 0 bridgehead atoms. The molecule has 0 radical (unpaired) electrons. The van der Waals surface area contributed by atoms with Crippen LogP contribution in [0.25, 0.3) is 0 Å². The predicted molar refractivity (Wildman–Crippen MR) is 69.6 cm³/mol. The topological polar surface area (TPSA) is 39.7 Å². The van der Waals surface area contributed by atoms with Crippen molar-refractivity contribution in [1.29, 1.82) is 0 Å². The summed E-state index contributed by atoms with van der Waals surface area (Å²) in [4.78, 5) is 5.39. The lowest BCUT2D eigenvalue weighted by Gasteiger charge is -2.17. The van der Waals surface area contributed by atoms with Crippen molar-refractivity contribution in [3.8, 4) is 5.75 Å². The number of hydrogen-bond donors (Lipinski definition) is 1. The molecule has 0 aliphatic carbocycles. The number of nitrogens with one attached hydrogen (secondary N) is 1. The van der Waals surface area contributed by atoms with Gasteiger partial charge in [0.1, 0.15) is 5.75 Å². The van der Waals surface area contributed by atoms with Gasteiger partial charge >= 0.3 is 0 Å². The van der Waals surface area contributed by atoms with Crippen LogP contribution in [-0.2, 0) is 16.0 Å². The van der Waals surface area contributed by atoms with E-state index in [0.29, 0.717) is 13.2 Å². The van der Waals surface area contributed by atoms with Crippen molar-refractivity contribution in [3.63, 3.8) is 0 Å². The van der Waals surface area contributed by atoms with Crippen molar-refractivity contribution in [3.05, 3.63) is 29.3 Å². The normalized spacial score (nSPS) is 15.2. The van der Waals surface area contributed by atoms with Crippen LogP contribution in [0.4, 0.5) is 0 Å². The molecule has 1 aromatic rings. The predicted octanol–water partition coefficient (Wildman–Crippen LogP) is 2.24. The van der Waals surface area contributed by atoms with Crippen molar-refractivity contribution in [1.82, 2.24) is 5.48 Å². The largest absolute Gasteiger partial charge is 0.493 e. The Bertz CT molecular complexity index is 381. The number of ether oxygens (including phenoxy) is 2. The van der Waals surface area contributed by atoms with Gasteiger partial charge in [0.05, 0.1) is 25.9 Å². The minimum atomic E-state index is 0.216. The van der Waals surface area contributed by atoms with Gasteiger partial charge in [0.25, 0.3) is 0 Å². The van der Waals surface area contributed by atoms with Crippen LogP contribution in [0.2, 0.25) is 0 Å².